The van der Waals surface area contributed by atoms with Gasteiger partial charge in [-0.3, -0.25) is 9.59 Å². The number of rotatable bonds is 3. The zero-order valence-electron chi connectivity index (χ0n) is 12.4. The first-order chi connectivity index (χ1) is 10.6. The molecule has 3 aromatic rings. The number of benzene rings is 2. The van der Waals surface area contributed by atoms with Gasteiger partial charge in [-0.2, -0.15) is 0 Å². The maximum atomic E-state index is 12.4. The lowest BCUT2D eigenvalue weighted by Crippen LogP contribution is -2.28. The molecule has 22 heavy (non-hydrogen) atoms. The van der Waals surface area contributed by atoms with E-state index in [2.05, 4.69) is 10.3 Å². The monoisotopic (exact) mass is 293 g/mol. The van der Waals surface area contributed by atoms with Crippen LogP contribution in [0.1, 0.15) is 21.5 Å². The van der Waals surface area contributed by atoms with Gasteiger partial charge in [0.25, 0.3) is 5.56 Å². The number of hydrogen-bond donors (Lipinski definition) is 0. The normalized spacial score (nSPS) is 10.8. The number of fused-ring (bicyclic) bond motifs is 1. The van der Waals surface area contributed by atoms with Gasteiger partial charge in [0.1, 0.15) is 12.1 Å². The molecule has 110 valence electrons. The average molecular weight is 293 g/mol. The molecular weight excluding hydrogens is 278 g/mol. The Labute approximate surface area is 127 Å². The van der Waals surface area contributed by atoms with Crippen LogP contribution in [0.15, 0.2) is 47.3 Å². The summed E-state index contributed by atoms with van der Waals surface area (Å²) in [5.74, 6) is -0.149. The van der Waals surface area contributed by atoms with Crippen molar-refractivity contribution in [1.29, 1.82) is 0 Å². The third kappa shape index (κ3) is 2.53. The molecule has 0 spiro atoms. The van der Waals surface area contributed by atoms with Crippen molar-refractivity contribution in [3.8, 4) is 0 Å². The number of Topliss-reactive ketones (excluding diaryl/α,β-unsaturated/α-hetero) is 1. The molecular formula is C17H15N3O2. The summed E-state index contributed by atoms with van der Waals surface area (Å²) in [5, 5.41) is 8.30. The number of carbonyl (C=O) groups is 1. The average Bonchev–Trinajstić information content (AvgIpc) is 2.50. The van der Waals surface area contributed by atoms with E-state index >= 15 is 0 Å². The Kier molecular flexibility index (Phi) is 3.55. The molecule has 0 aliphatic rings. The van der Waals surface area contributed by atoms with Crippen molar-refractivity contribution in [1.82, 2.24) is 15.0 Å². The molecule has 5 nitrogen and oxygen atoms in total. The van der Waals surface area contributed by atoms with Crippen LogP contribution in [0.3, 0.4) is 0 Å². The molecule has 0 saturated carbocycles. The lowest BCUT2D eigenvalue weighted by atomic mass is 10.0. The molecule has 0 saturated heterocycles. The fourth-order valence-corrected chi connectivity index (χ4v) is 2.47. The van der Waals surface area contributed by atoms with Crippen molar-refractivity contribution in [3.05, 3.63) is 69.5 Å². The van der Waals surface area contributed by atoms with Crippen LogP contribution < -0.4 is 5.56 Å². The highest BCUT2D eigenvalue weighted by atomic mass is 16.1. The Morgan fingerprint density at radius 3 is 2.68 bits per heavy atom. The zero-order valence-corrected chi connectivity index (χ0v) is 12.4. The number of aromatic nitrogens is 3. The molecule has 1 aromatic heterocycles. The van der Waals surface area contributed by atoms with Gasteiger partial charge in [0.2, 0.25) is 0 Å². The summed E-state index contributed by atoms with van der Waals surface area (Å²) in [6.07, 6.45) is 0. The molecule has 3 rings (SSSR count). The largest absolute Gasteiger partial charge is 0.292 e. The fraction of sp³-hybridized carbons (Fsp3) is 0.176. The van der Waals surface area contributed by atoms with Crippen molar-refractivity contribution in [2.75, 3.05) is 0 Å². The zero-order chi connectivity index (χ0) is 15.7. The molecule has 0 fully saturated rings. The summed E-state index contributed by atoms with van der Waals surface area (Å²) >= 11 is 0. The fourth-order valence-electron chi connectivity index (χ4n) is 2.47. The second-order valence-electron chi connectivity index (χ2n) is 5.31. The molecule has 0 atom stereocenters. The summed E-state index contributed by atoms with van der Waals surface area (Å²) in [4.78, 5) is 24.7. The van der Waals surface area contributed by atoms with Gasteiger partial charge >= 0.3 is 0 Å². The molecule has 0 radical (unpaired) electrons. The lowest BCUT2D eigenvalue weighted by molar-refractivity contribution is 0.0964. The van der Waals surface area contributed by atoms with Gasteiger partial charge in [-0.25, -0.2) is 4.68 Å². The summed E-state index contributed by atoms with van der Waals surface area (Å²) in [5.41, 5.74) is 2.82. The van der Waals surface area contributed by atoms with Crippen LogP contribution in [0, 0.1) is 13.8 Å². The van der Waals surface area contributed by atoms with Gasteiger partial charge in [0, 0.05) is 5.56 Å². The number of ketones is 1. The number of carbonyl (C=O) groups excluding carboxylic acids is 1. The van der Waals surface area contributed by atoms with Crippen molar-refractivity contribution < 1.29 is 4.79 Å². The Morgan fingerprint density at radius 1 is 1.14 bits per heavy atom. The standard InChI is InChI=1S/C17H15N3O2/c1-11-7-8-13(12(2)9-11)16(21)10-20-17(22)14-5-3-4-6-15(14)18-19-20/h3-9H,10H2,1-2H3. The number of aryl methyl sites for hydroxylation is 2. The highest BCUT2D eigenvalue weighted by Gasteiger charge is 2.13. The molecule has 0 amide bonds. The molecule has 2 aromatic carbocycles. The van der Waals surface area contributed by atoms with Crippen LogP contribution in [-0.4, -0.2) is 20.8 Å². The van der Waals surface area contributed by atoms with E-state index in [1.807, 2.05) is 26.0 Å². The predicted octanol–water partition coefficient (Wildman–Crippen LogP) is 2.29. The molecule has 0 unspecified atom stereocenters. The summed E-state index contributed by atoms with van der Waals surface area (Å²) in [6, 6.07) is 12.6. The van der Waals surface area contributed by atoms with Crippen LogP contribution in [-0.2, 0) is 6.54 Å². The van der Waals surface area contributed by atoms with Gasteiger partial charge in [-0.15, -0.1) is 5.10 Å². The lowest BCUT2D eigenvalue weighted by Gasteiger charge is -2.07. The maximum absolute atomic E-state index is 12.4. The highest BCUT2D eigenvalue weighted by molar-refractivity contribution is 5.97. The smallest absolute Gasteiger partial charge is 0.278 e. The molecule has 0 bridgehead atoms. The van der Waals surface area contributed by atoms with Crippen LogP contribution in [0.4, 0.5) is 0 Å². The summed E-state index contributed by atoms with van der Waals surface area (Å²) in [6.45, 7) is 3.75. The minimum absolute atomic E-state index is 0.111. The molecule has 0 N–H and O–H groups in total. The van der Waals surface area contributed by atoms with E-state index in [1.165, 1.54) is 0 Å². The minimum atomic E-state index is -0.302. The Morgan fingerprint density at radius 2 is 1.91 bits per heavy atom. The first-order valence-electron chi connectivity index (χ1n) is 6.99. The van der Waals surface area contributed by atoms with Crippen LogP contribution in [0.5, 0.6) is 0 Å². The Balaban J connectivity index is 1.98. The van der Waals surface area contributed by atoms with E-state index in [9.17, 15) is 9.59 Å². The van der Waals surface area contributed by atoms with Gasteiger partial charge in [0.05, 0.1) is 5.39 Å². The van der Waals surface area contributed by atoms with E-state index in [0.717, 1.165) is 15.8 Å². The minimum Gasteiger partial charge on any atom is -0.292 e. The third-order valence-electron chi connectivity index (χ3n) is 3.61. The quantitative estimate of drug-likeness (QED) is 0.695. The third-order valence-corrected chi connectivity index (χ3v) is 3.61. The van der Waals surface area contributed by atoms with E-state index < -0.39 is 0 Å². The maximum Gasteiger partial charge on any atom is 0.278 e. The summed E-state index contributed by atoms with van der Waals surface area (Å²) in [7, 11) is 0. The van der Waals surface area contributed by atoms with Crippen LogP contribution in [0.25, 0.3) is 10.9 Å². The topological polar surface area (TPSA) is 64.8 Å². The second kappa shape index (κ2) is 5.52. The predicted molar refractivity (Wildman–Crippen MR) is 84.0 cm³/mol. The SMILES string of the molecule is Cc1ccc(C(=O)Cn2nnc3ccccc3c2=O)c(C)c1. The van der Waals surface area contributed by atoms with E-state index in [0.29, 0.717) is 16.5 Å². The highest BCUT2D eigenvalue weighted by Crippen LogP contribution is 2.12. The van der Waals surface area contributed by atoms with Gasteiger partial charge in [-0.1, -0.05) is 41.1 Å². The number of nitrogens with zero attached hydrogens (tertiary/aromatic N) is 3. The van der Waals surface area contributed by atoms with Gasteiger partial charge in [0.15, 0.2) is 5.78 Å². The molecule has 1 heterocycles. The first-order valence-corrected chi connectivity index (χ1v) is 6.99. The van der Waals surface area contributed by atoms with E-state index in [1.54, 1.807) is 30.3 Å². The molecule has 5 heteroatoms. The number of hydrogen-bond acceptors (Lipinski definition) is 4. The Bertz CT molecular complexity index is 929. The van der Waals surface area contributed by atoms with Crippen LogP contribution in [0.2, 0.25) is 0 Å². The van der Waals surface area contributed by atoms with Crippen molar-refractivity contribution in [2.24, 2.45) is 0 Å². The Hall–Kier alpha value is -2.82. The van der Waals surface area contributed by atoms with Gasteiger partial charge in [-0.05, 0) is 31.5 Å². The van der Waals surface area contributed by atoms with Crippen molar-refractivity contribution in [3.63, 3.8) is 0 Å². The molecule has 0 aliphatic heterocycles. The van der Waals surface area contributed by atoms with Gasteiger partial charge < -0.3 is 0 Å². The van der Waals surface area contributed by atoms with Crippen molar-refractivity contribution >= 4 is 16.7 Å². The van der Waals surface area contributed by atoms with Crippen molar-refractivity contribution in [2.45, 2.75) is 20.4 Å². The van der Waals surface area contributed by atoms with E-state index in [-0.39, 0.29) is 17.9 Å². The summed E-state index contributed by atoms with van der Waals surface area (Å²) < 4.78 is 1.12. The second-order valence-corrected chi connectivity index (χ2v) is 5.31. The first kappa shape index (κ1) is 14.1. The molecule has 0 aliphatic carbocycles. The van der Waals surface area contributed by atoms with E-state index in [4.69, 9.17) is 0 Å². The van der Waals surface area contributed by atoms with Crippen LogP contribution >= 0.6 is 0 Å².